The van der Waals surface area contributed by atoms with Gasteiger partial charge >= 0.3 is 0 Å². The fourth-order valence-electron chi connectivity index (χ4n) is 1.29. The smallest absolute Gasteiger partial charge is 0.122 e. The summed E-state index contributed by atoms with van der Waals surface area (Å²) in [5.41, 5.74) is 7.48. The molecule has 0 bridgehead atoms. The van der Waals surface area contributed by atoms with E-state index < -0.39 is 0 Å². The van der Waals surface area contributed by atoms with E-state index in [4.69, 9.17) is 27.4 Å². The molecule has 0 fully saturated rings. The van der Waals surface area contributed by atoms with Crippen molar-refractivity contribution < 1.29 is 9.47 Å². The lowest BCUT2D eigenvalue weighted by atomic mass is 10.1. The largest absolute Gasteiger partial charge is 0.493 e. The normalized spacial score (nSPS) is 10.1. The Bertz CT molecular complexity index is 366. The predicted molar refractivity (Wildman–Crippen MR) is 69.1 cm³/mol. The van der Waals surface area contributed by atoms with Gasteiger partial charge in [0.1, 0.15) is 10.7 Å². The maximum absolute atomic E-state index is 5.63. The van der Waals surface area contributed by atoms with Crippen LogP contribution in [-0.4, -0.2) is 25.3 Å². The molecule has 0 unspecified atom stereocenters. The van der Waals surface area contributed by atoms with Gasteiger partial charge in [-0.25, -0.2) is 0 Å². The molecule has 0 heterocycles. The second-order valence-corrected chi connectivity index (χ2v) is 3.98. The molecule has 0 spiro atoms. The number of rotatable bonds is 6. The Kier molecular flexibility index (Phi) is 5.22. The third-order valence-electron chi connectivity index (χ3n) is 2.22. The number of thiocarbonyl (C=S) groups is 1. The zero-order valence-electron chi connectivity index (χ0n) is 9.66. The zero-order valence-corrected chi connectivity index (χ0v) is 10.5. The number of hydrogen-bond donors (Lipinski definition) is 1. The molecule has 1 rings (SSSR count). The lowest BCUT2D eigenvalue weighted by Gasteiger charge is -2.10. The summed E-state index contributed by atoms with van der Waals surface area (Å²) >= 11 is 4.92. The van der Waals surface area contributed by atoms with E-state index in [1.807, 2.05) is 25.1 Å². The van der Waals surface area contributed by atoms with E-state index in [1.165, 1.54) is 0 Å². The van der Waals surface area contributed by atoms with Crippen molar-refractivity contribution >= 4 is 17.2 Å². The van der Waals surface area contributed by atoms with E-state index in [0.717, 1.165) is 23.3 Å². The molecule has 1 aromatic carbocycles. The van der Waals surface area contributed by atoms with Gasteiger partial charge in [-0.3, -0.25) is 0 Å². The molecule has 0 aliphatic carbocycles. The minimum atomic E-state index is 0.391. The molecule has 0 atom stereocenters. The van der Waals surface area contributed by atoms with Gasteiger partial charge in [-0.1, -0.05) is 24.4 Å². The molecule has 16 heavy (non-hydrogen) atoms. The summed E-state index contributed by atoms with van der Waals surface area (Å²) in [7, 11) is 1.68. The molecule has 2 N–H and O–H groups in total. The van der Waals surface area contributed by atoms with Gasteiger partial charge in [0.15, 0.2) is 0 Å². The zero-order chi connectivity index (χ0) is 12.0. The Labute approximate surface area is 102 Å². The highest BCUT2D eigenvalue weighted by Gasteiger charge is 2.03. The van der Waals surface area contributed by atoms with Gasteiger partial charge in [0.25, 0.3) is 0 Å². The quantitative estimate of drug-likeness (QED) is 0.609. The minimum Gasteiger partial charge on any atom is -0.493 e. The first kappa shape index (κ1) is 12.9. The van der Waals surface area contributed by atoms with Crippen LogP contribution in [0.3, 0.4) is 0 Å². The second-order valence-electron chi connectivity index (χ2n) is 3.54. The van der Waals surface area contributed by atoms with Crippen LogP contribution in [0.4, 0.5) is 0 Å². The average molecular weight is 239 g/mol. The average Bonchev–Trinajstić information content (AvgIpc) is 2.26. The maximum Gasteiger partial charge on any atom is 0.122 e. The monoisotopic (exact) mass is 239 g/mol. The van der Waals surface area contributed by atoms with Crippen LogP contribution in [0.5, 0.6) is 5.75 Å². The number of aryl methyl sites for hydroxylation is 1. The first-order valence-corrected chi connectivity index (χ1v) is 5.58. The molecule has 0 saturated carbocycles. The van der Waals surface area contributed by atoms with Crippen molar-refractivity contribution in [3.8, 4) is 5.75 Å². The van der Waals surface area contributed by atoms with Crippen LogP contribution in [0.25, 0.3) is 0 Å². The minimum absolute atomic E-state index is 0.391. The van der Waals surface area contributed by atoms with Crippen LogP contribution in [0.2, 0.25) is 0 Å². The summed E-state index contributed by atoms with van der Waals surface area (Å²) in [6, 6.07) is 5.74. The van der Waals surface area contributed by atoms with Crippen LogP contribution in [-0.2, 0) is 4.74 Å². The molecular formula is C12H17NO2S. The van der Waals surface area contributed by atoms with E-state index in [1.54, 1.807) is 7.11 Å². The number of benzene rings is 1. The van der Waals surface area contributed by atoms with Crippen LogP contribution in [0.15, 0.2) is 18.2 Å². The standard InChI is InChI=1S/C12H17NO2S/c1-9-4-5-10(12(13)16)8-11(9)15-7-3-6-14-2/h4-5,8H,3,6-7H2,1-2H3,(H2,13,16). The van der Waals surface area contributed by atoms with Crippen molar-refractivity contribution in [1.29, 1.82) is 0 Å². The maximum atomic E-state index is 5.63. The van der Waals surface area contributed by atoms with Crippen molar-refractivity contribution in [2.24, 2.45) is 5.73 Å². The predicted octanol–water partition coefficient (Wildman–Crippen LogP) is 2.04. The molecule has 1 aromatic rings. The van der Waals surface area contributed by atoms with E-state index in [9.17, 15) is 0 Å². The van der Waals surface area contributed by atoms with Gasteiger partial charge in [-0.2, -0.15) is 0 Å². The third-order valence-corrected chi connectivity index (χ3v) is 2.46. The van der Waals surface area contributed by atoms with Gasteiger partial charge in [-0.15, -0.1) is 0 Å². The number of methoxy groups -OCH3 is 1. The Morgan fingerprint density at radius 3 is 2.75 bits per heavy atom. The van der Waals surface area contributed by atoms with Crippen LogP contribution < -0.4 is 10.5 Å². The first-order chi connectivity index (χ1) is 7.65. The van der Waals surface area contributed by atoms with E-state index in [2.05, 4.69) is 0 Å². The number of hydrogen-bond acceptors (Lipinski definition) is 3. The summed E-state index contributed by atoms with van der Waals surface area (Å²) in [6.45, 7) is 3.33. The van der Waals surface area contributed by atoms with Crippen molar-refractivity contribution in [1.82, 2.24) is 0 Å². The summed E-state index contributed by atoms with van der Waals surface area (Å²) in [4.78, 5) is 0.391. The highest BCUT2D eigenvalue weighted by atomic mass is 32.1. The Balaban J connectivity index is 2.63. The fourth-order valence-corrected chi connectivity index (χ4v) is 1.42. The summed E-state index contributed by atoms with van der Waals surface area (Å²) in [6.07, 6.45) is 0.868. The second kappa shape index (κ2) is 6.45. The van der Waals surface area contributed by atoms with Gasteiger partial charge in [-0.05, 0) is 18.6 Å². The van der Waals surface area contributed by atoms with E-state index in [-0.39, 0.29) is 0 Å². The van der Waals surface area contributed by atoms with Crippen molar-refractivity contribution in [3.63, 3.8) is 0 Å². The van der Waals surface area contributed by atoms with Crippen molar-refractivity contribution in [3.05, 3.63) is 29.3 Å². The van der Waals surface area contributed by atoms with Crippen LogP contribution >= 0.6 is 12.2 Å². The fraction of sp³-hybridized carbons (Fsp3) is 0.417. The number of nitrogens with two attached hydrogens (primary N) is 1. The summed E-state index contributed by atoms with van der Waals surface area (Å²) in [5.74, 6) is 0.835. The molecule has 0 aliphatic heterocycles. The molecule has 88 valence electrons. The molecule has 0 aromatic heterocycles. The number of ether oxygens (including phenoxy) is 2. The van der Waals surface area contributed by atoms with Gasteiger partial charge in [0.05, 0.1) is 6.61 Å². The first-order valence-electron chi connectivity index (χ1n) is 5.17. The molecule has 0 aliphatic rings. The Morgan fingerprint density at radius 2 is 2.12 bits per heavy atom. The molecule has 3 nitrogen and oxygen atoms in total. The summed E-state index contributed by atoms with van der Waals surface area (Å²) in [5, 5.41) is 0. The highest BCUT2D eigenvalue weighted by Crippen LogP contribution is 2.19. The van der Waals surface area contributed by atoms with E-state index in [0.29, 0.717) is 18.2 Å². The molecule has 0 radical (unpaired) electrons. The lowest BCUT2D eigenvalue weighted by Crippen LogP contribution is -2.10. The topological polar surface area (TPSA) is 44.5 Å². The molecule has 0 saturated heterocycles. The van der Waals surface area contributed by atoms with Gasteiger partial charge in [0, 0.05) is 25.7 Å². The van der Waals surface area contributed by atoms with Gasteiger partial charge in [0.2, 0.25) is 0 Å². The molecule has 0 amide bonds. The highest BCUT2D eigenvalue weighted by molar-refractivity contribution is 7.80. The van der Waals surface area contributed by atoms with Crippen LogP contribution in [0, 0.1) is 6.92 Å². The molecular weight excluding hydrogens is 222 g/mol. The Hall–Kier alpha value is -1.13. The van der Waals surface area contributed by atoms with Gasteiger partial charge < -0.3 is 15.2 Å². The van der Waals surface area contributed by atoms with Crippen molar-refractivity contribution in [2.75, 3.05) is 20.3 Å². The molecule has 4 heteroatoms. The summed E-state index contributed by atoms with van der Waals surface area (Å²) < 4.78 is 10.6. The van der Waals surface area contributed by atoms with E-state index >= 15 is 0 Å². The third kappa shape index (κ3) is 3.79. The lowest BCUT2D eigenvalue weighted by molar-refractivity contribution is 0.172. The Morgan fingerprint density at radius 1 is 1.38 bits per heavy atom. The van der Waals surface area contributed by atoms with Crippen molar-refractivity contribution in [2.45, 2.75) is 13.3 Å². The van der Waals surface area contributed by atoms with Crippen LogP contribution in [0.1, 0.15) is 17.5 Å². The SMILES string of the molecule is COCCCOc1cc(C(N)=S)ccc1C.